The van der Waals surface area contributed by atoms with Gasteiger partial charge < -0.3 is 30.1 Å². The van der Waals surface area contributed by atoms with Crippen LogP contribution >= 0.6 is 27.7 Å². The molecule has 226 valence electrons. The summed E-state index contributed by atoms with van der Waals surface area (Å²) in [6.07, 6.45) is 1.28. The van der Waals surface area contributed by atoms with Crippen molar-refractivity contribution in [3.05, 3.63) is 48.5 Å². The maximum absolute atomic E-state index is 14.4. The van der Waals surface area contributed by atoms with Gasteiger partial charge in [0.15, 0.2) is 0 Å². The molecular weight excluding hydrogens is 622 g/mol. The Bertz CT molecular complexity index is 1310. The molecule has 3 heterocycles. The molecule has 0 aliphatic carbocycles. The summed E-state index contributed by atoms with van der Waals surface area (Å²) in [5, 5.41) is 16.4. The Hall–Kier alpha value is -2.76. The normalized spacial score (nSPS) is 29.1. The molecule has 3 unspecified atom stereocenters. The van der Waals surface area contributed by atoms with Crippen LogP contribution in [0.2, 0.25) is 0 Å². The van der Waals surface area contributed by atoms with Gasteiger partial charge in [-0.05, 0) is 67.8 Å². The molecule has 2 aromatic carbocycles. The lowest BCUT2D eigenvalue weighted by atomic mass is 9.70. The lowest BCUT2D eigenvalue weighted by Crippen LogP contribution is -2.56. The Morgan fingerprint density at radius 1 is 1.07 bits per heavy atom. The van der Waals surface area contributed by atoms with E-state index in [9.17, 15) is 19.5 Å². The summed E-state index contributed by atoms with van der Waals surface area (Å²) in [7, 11) is 1.58. The van der Waals surface area contributed by atoms with E-state index in [1.165, 1.54) is 0 Å². The minimum Gasteiger partial charge on any atom is -0.497 e. The molecule has 3 fully saturated rings. The quantitative estimate of drug-likeness (QED) is 0.303. The number of anilines is 2. The molecule has 8 atom stereocenters. The fourth-order valence-electron chi connectivity index (χ4n) is 6.75. The van der Waals surface area contributed by atoms with Crippen molar-refractivity contribution in [1.82, 2.24) is 4.90 Å². The number of hydrogen-bond acceptors (Lipinski definition) is 7. The lowest BCUT2D eigenvalue weighted by Gasteiger charge is -2.39. The van der Waals surface area contributed by atoms with Gasteiger partial charge in [0.05, 0.1) is 42.9 Å². The van der Waals surface area contributed by atoms with Crippen molar-refractivity contribution < 1.29 is 29.0 Å². The predicted molar refractivity (Wildman–Crippen MR) is 167 cm³/mol. The van der Waals surface area contributed by atoms with Crippen LogP contribution in [0.15, 0.2) is 48.5 Å². The molecule has 3 N–H and O–H groups in total. The van der Waals surface area contributed by atoms with E-state index in [0.717, 1.165) is 6.42 Å². The topological polar surface area (TPSA) is 117 Å². The van der Waals surface area contributed by atoms with Crippen LogP contribution in [0.4, 0.5) is 11.4 Å². The second kappa shape index (κ2) is 12.5. The summed E-state index contributed by atoms with van der Waals surface area (Å²) in [4.78, 5) is 44.0. The zero-order valence-electron chi connectivity index (χ0n) is 24.2. The molecule has 9 nitrogen and oxygen atoms in total. The van der Waals surface area contributed by atoms with Gasteiger partial charge in [0.2, 0.25) is 17.7 Å². The van der Waals surface area contributed by atoms with Gasteiger partial charge in [-0.25, -0.2) is 0 Å². The summed E-state index contributed by atoms with van der Waals surface area (Å²) in [5.41, 5.74) is 1.19. The third-order valence-corrected chi connectivity index (χ3v) is 12.1. The highest BCUT2D eigenvalue weighted by Gasteiger charge is 2.76. The Morgan fingerprint density at radius 2 is 1.67 bits per heavy atom. The van der Waals surface area contributed by atoms with Gasteiger partial charge in [-0.2, -0.15) is 0 Å². The van der Waals surface area contributed by atoms with Crippen LogP contribution in [0.3, 0.4) is 0 Å². The van der Waals surface area contributed by atoms with Crippen LogP contribution in [0.1, 0.15) is 33.6 Å². The monoisotopic (exact) mass is 659 g/mol. The van der Waals surface area contributed by atoms with Gasteiger partial charge in [0, 0.05) is 21.5 Å². The number of ether oxygens (including phenoxy) is 2. The molecule has 3 saturated heterocycles. The molecule has 0 radical (unpaired) electrons. The molecule has 3 aliphatic heterocycles. The first kappa shape index (κ1) is 30.7. The van der Waals surface area contributed by atoms with Crippen LogP contribution in [0, 0.1) is 17.8 Å². The number of thioether (sulfide) groups is 1. The van der Waals surface area contributed by atoms with E-state index in [1.54, 1.807) is 72.3 Å². The first-order chi connectivity index (χ1) is 20.2. The number of rotatable bonds is 11. The molecule has 42 heavy (non-hydrogen) atoms. The SMILES string of the molecule is CCOc1ccc(NC(=O)[C@H]2[C@H]3C(=O)N([C@@H](CO)[C@@H](C)CC)C(C(=O)Nc4ccc(OC)cc4)C34CC(Br)[C@@H]2S4)cc1. The zero-order chi connectivity index (χ0) is 30.2. The fraction of sp³-hybridized carbons (Fsp3) is 0.516. The first-order valence-corrected chi connectivity index (χ1v) is 16.2. The molecule has 2 aromatic rings. The van der Waals surface area contributed by atoms with Crippen molar-refractivity contribution in [2.45, 2.75) is 60.5 Å². The number of benzene rings is 2. The summed E-state index contributed by atoms with van der Waals surface area (Å²) >= 11 is 5.37. The molecule has 11 heteroatoms. The van der Waals surface area contributed by atoms with Gasteiger partial charge in [-0.1, -0.05) is 36.2 Å². The van der Waals surface area contributed by atoms with E-state index in [0.29, 0.717) is 35.9 Å². The van der Waals surface area contributed by atoms with Crippen molar-refractivity contribution >= 4 is 56.8 Å². The summed E-state index contributed by atoms with van der Waals surface area (Å²) in [5.74, 6) is -0.847. The van der Waals surface area contributed by atoms with Crippen molar-refractivity contribution in [2.75, 3.05) is 31.0 Å². The van der Waals surface area contributed by atoms with Crippen molar-refractivity contribution in [2.24, 2.45) is 17.8 Å². The number of amides is 3. The Kier molecular flexibility index (Phi) is 9.10. The van der Waals surface area contributed by atoms with Gasteiger partial charge in [0.1, 0.15) is 17.5 Å². The highest BCUT2D eigenvalue weighted by atomic mass is 79.9. The Morgan fingerprint density at radius 3 is 2.21 bits per heavy atom. The number of nitrogens with one attached hydrogen (secondary N) is 2. The van der Waals surface area contributed by atoms with E-state index in [4.69, 9.17) is 9.47 Å². The van der Waals surface area contributed by atoms with Gasteiger partial charge in [0.25, 0.3) is 0 Å². The van der Waals surface area contributed by atoms with E-state index in [-0.39, 0.29) is 40.3 Å². The number of methoxy groups -OCH3 is 1. The molecule has 2 bridgehead atoms. The van der Waals surface area contributed by atoms with Crippen LogP contribution < -0.4 is 20.1 Å². The molecule has 1 spiro atoms. The zero-order valence-corrected chi connectivity index (χ0v) is 26.6. The van der Waals surface area contributed by atoms with E-state index >= 15 is 0 Å². The van der Waals surface area contributed by atoms with Crippen molar-refractivity contribution in [1.29, 1.82) is 0 Å². The molecule has 0 saturated carbocycles. The number of nitrogens with zero attached hydrogens (tertiary/aromatic N) is 1. The highest BCUT2D eigenvalue weighted by Crippen LogP contribution is 2.68. The minimum atomic E-state index is -0.860. The van der Waals surface area contributed by atoms with Crippen LogP contribution in [0.5, 0.6) is 11.5 Å². The van der Waals surface area contributed by atoms with Crippen LogP contribution in [0.25, 0.3) is 0 Å². The maximum Gasteiger partial charge on any atom is 0.248 e. The highest BCUT2D eigenvalue weighted by molar-refractivity contribution is 9.09. The summed E-state index contributed by atoms with van der Waals surface area (Å²) in [6, 6.07) is 12.8. The second-order valence-corrected chi connectivity index (χ2v) is 13.9. The third kappa shape index (κ3) is 5.28. The number of fused-ring (bicyclic) bond motifs is 1. The lowest BCUT2D eigenvalue weighted by molar-refractivity contribution is -0.142. The molecule has 0 aromatic heterocycles. The molecule has 5 rings (SSSR count). The summed E-state index contributed by atoms with van der Waals surface area (Å²) < 4.78 is 9.93. The largest absolute Gasteiger partial charge is 0.497 e. The van der Waals surface area contributed by atoms with Gasteiger partial charge in [-0.3, -0.25) is 14.4 Å². The van der Waals surface area contributed by atoms with E-state index in [1.807, 2.05) is 20.8 Å². The number of likely N-dealkylation sites (tertiary alicyclic amines) is 1. The van der Waals surface area contributed by atoms with E-state index < -0.39 is 28.7 Å². The smallest absolute Gasteiger partial charge is 0.248 e. The van der Waals surface area contributed by atoms with E-state index in [2.05, 4.69) is 26.6 Å². The average Bonchev–Trinajstić information content (AvgIpc) is 3.58. The number of aliphatic hydroxyl groups is 1. The molecule has 3 amide bonds. The first-order valence-electron chi connectivity index (χ1n) is 14.4. The number of carbonyl (C=O) groups excluding carboxylic acids is 3. The maximum atomic E-state index is 14.4. The standard InChI is InChI=1S/C31H38BrN3O6S/c1-5-17(3)23(16-36)35-27(29(38)34-19-7-11-20(40-4)12-8-19)31-15-22(32)26(42-31)24(25(31)30(35)39)28(37)33-18-9-13-21(14-10-18)41-6-2/h7-14,17,22-27,36H,5-6,15-16H2,1-4H3,(H,33,37)(H,34,38)/t17-,22?,23-,24-,25-,26-,27?,31?/m0/s1. The van der Waals surface area contributed by atoms with Crippen LogP contribution in [-0.2, 0) is 14.4 Å². The number of hydrogen-bond donors (Lipinski definition) is 3. The fourth-order valence-corrected chi connectivity index (χ4v) is 10.3. The summed E-state index contributed by atoms with van der Waals surface area (Å²) in [6.45, 7) is 6.16. The van der Waals surface area contributed by atoms with Crippen molar-refractivity contribution in [3.63, 3.8) is 0 Å². The van der Waals surface area contributed by atoms with Crippen molar-refractivity contribution in [3.8, 4) is 11.5 Å². The number of alkyl halides is 1. The van der Waals surface area contributed by atoms with Gasteiger partial charge >= 0.3 is 0 Å². The minimum absolute atomic E-state index is 0.0523. The number of aliphatic hydroxyl groups excluding tert-OH is 1. The number of carbonyl (C=O) groups is 3. The third-order valence-electron chi connectivity index (χ3n) is 8.91. The molecule has 3 aliphatic rings. The Balaban J connectivity index is 1.49. The van der Waals surface area contributed by atoms with Gasteiger partial charge in [-0.15, -0.1) is 11.8 Å². The number of halogens is 1. The van der Waals surface area contributed by atoms with Crippen LogP contribution in [-0.4, -0.2) is 75.0 Å². The average molecular weight is 661 g/mol. The Labute approximate surface area is 259 Å². The second-order valence-electron chi connectivity index (χ2n) is 11.2. The predicted octanol–water partition coefficient (Wildman–Crippen LogP) is 4.54. The molecular formula is C31H38BrN3O6S.